The minimum Gasteiger partial charge on any atom is -0.428 e. The third kappa shape index (κ3) is 5.65. The molecule has 1 aromatic carbocycles. The zero-order valence-corrected chi connectivity index (χ0v) is 10.8. The van der Waals surface area contributed by atoms with Gasteiger partial charge in [-0.05, 0) is 0 Å². The molecule has 0 aromatic heterocycles. The van der Waals surface area contributed by atoms with Gasteiger partial charge in [-0.25, -0.2) is 4.79 Å². The topological polar surface area (TPSA) is 55.8 Å². The van der Waals surface area contributed by atoms with E-state index >= 15 is 0 Å². The van der Waals surface area contributed by atoms with Gasteiger partial charge in [0.2, 0.25) is 0 Å². The summed E-state index contributed by atoms with van der Waals surface area (Å²) in [5.74, 6) is 0. The van der Waals surface area contributed by atoms with Crippen LogP contribution in [0.4, 0.5) is 4.79 Å². The Labute approximate surface area is 107 Å². The van der Waals surface area contributed by atoms with E-state index in [0.717, 1.165) is 6.54 Å². The van der Waals surface area contributed by atoms with E-state index in [2.05, 4.69) is 31.0 Å². The van der Waals surface area contributed by atoms with Gasteiger partial charge in [0.25, 0.3) is 0 Å². The summed E-state index contributed by atoms with van der Waals surface area (Å²) in [5.41, 5.74) is 1.24. The lowest BCUT2D eigenvalue weighted by Gasteiger charge is -2.29. The van der Waals surface area contributed by atoms with Crippen molar-refractivity contribution in [2.75, 3.05) is 34.0 Å². The van der Waals surface area contributed by atoms with E-state index in [1.165, 1.54) is 5.56 Å². The SMILES string of the molecule is C[N+](C)(CCOC(=O)OCO)Cc1ccccc1. The number of benzene rings is 1. The second-order valence-electron chi connectivity index (χ2n) is 4.67. The lowest BCUT2D eigenvalue weighted by Crippen LogP contribution is -2.41. The average Bonchev–Trinajstić information content (AvgIpc) is 2.29. The highest BCUT2D eigenvalue weighted by Gasteiger charge is 2.16. The van der Waals surface area contributed by atoms with E-state index in [1.807, 2.05) is 18.2 Å². The van der Waals surface area contributed by atoms with Crippen molar-refractivity contribution in [1.82, 2.24) is 0 Å². The summed E-state index contributed by atoms with van der Waals surface area (Å²) in [6.07, 6.45) is -0.836. The van der Waals surface area contributed by atoms with Crippen LogP contribution in [0.15, 0.2) is 30.3 Å². The van der Waals surface area contributed by atoms with E-state index in [4.69, 9.17) is 9.84 Å². The average molecular weight is 254 g/mol. The Kier molecular flexibility index (Phi) is 5.61. The third-order valence-electron chi connectivity index (χ3n) is 2.55. The van der Waals surface area contributed by atoms with Crippen LogP contribution in [0, 0.1) is 0 Å². The highest BCUT2D eigenvalue weighted by Crippen LogP contribution is 2.08. The first-order valence-electron chi connectivity index (χ1n) is 5.80. The van der Waals surface area contributed by atoms with E-state index in [-0.39, 0.29) is 6.61 Å². The number of rotatable bonds is 6. The minimum absolute atomic E-state index is 0.263. The normalized spacial score (nSPS) is 11.1. The van der Waals surface area contributed by atoms with E-state index in [0.29, 0.717) is 11.0 Å². The summed E-state index contributed by atoms with van der Waals surface area (Å²) in [4.78, 5) is 10.9. The highest BCUT2D eigenvalue weighted by molar-refractivity contribution is 5.59. The molecule has 0 unspecified atom stereocenters. The molecule has 1 rings (SSSR count). The van der Waals surface area contributed by atoms with E-state index in [1.54, 1.807) is 0 Å². The molecule has 0 fully saturated rings. The number of hydrogen-bond donors (Lipinski definition) is 1. The molecule has 0 saturated heterocycles. The van der Waals surface area contributed by atoms with Crippen LogP contribution in [-0.4, -0.2) is 49.8 Å². The summed E-state index contributed by atoms with van der Waals surface area (Å²) in [5, 5.41) is 8.36. The smallest absolute Gasteiger partial charge is 0.428 e. The van der Waals surface area contributed by atoms with Crippen molar-refractivity contribution >= 4 is 6.16 Å². The van der Waals surface area contributed by atoms with Gasteiger partial charge in [0.1, 0.15) is 19.7 Å². The van der Waals surface area contributed by atoms with Crippen LogP contribution in [0.5, 0.6) is 0 Å². The quantitative estimate of drug-likeness (QED) is 0.473. The van der Waals surface area contributed by atoms with Gasteiger partial charge in [0.05, 0.1) is 14.1 Å². The lowest BCUT2D eigenvalue weighted by molar-refractivity contribution is -0.903. The zero-order chi connectivity index (χ0) is 13.4. The molecule has 1 N–H and O–H groups in total. The second-order valence-corrected chi connectivity index (χ2v) is 4.67. The van der Waals surface area contributed by atoms with Gasteiger partial charge in [0.15, 0.2) is 6.79 Å². The molecule has 0 spiro atoms. The fraction of sp³-hybridized carbons (Fsp3) is 0.462. The van der Waals surface area contributed by atoms with Crippen LogP contribution in [0.2, 0.25) is 0 Å². The molecule has 0 radical (unpaired) electrons. The van der Waals surface area contributed by atoms with E-state index < -0.39 is 12.9 Å². The minimum atomic E-state index is -0.836. The summed E-state index contributed by atoms with van der Waals surface area (Å²) in [6.45, 7) is 1.15. The maximum absolute atomic E-state index is 10.9. The second kappa shape index (κ2) is 6.98. The molecule has 0 aliphatic rings. The number of quaternary nitrogens is 1. The number of carbonyl (C=O) groups is 1. The Hall–Kier alpha value is -1.59. The summed E-state index contributed by atoms with van der Waals surface area (Å²) < 4.78 is 9.79. The van der Waals surface area contributed by atoms with E-state index in [9.17, 15) is 4.79 Å². The van der Waals surface area contributed by atoms with Gasteiger partial charge < -0.3 is 19.1 Å². The van der Waals surface area contributed by atoms with Gasteiger partial charge in [0, 0.05) is 5.56 Å². The van der Waals surface area contributed by atoms with Gasteiger partial charge in [-0.2, -0.15) is 0 Å². The molecule has 0 atom stereocenters. The Morgan fingerprint density at radius 2 is 1.89 bits per heavy atom. The maximum atomic E-state index is 10.9. The Morgan fingerprint density at radius 3 is 2.50 bits per heavy atom. The maximum Gasteiger partial charge on any atom is 0.510 e. The first-order chi connectivity index (χ1) is 8.53. The third-order valence-corrected chi connectivity index (χ3v) is 2.55. The molecule has 5 nitrogen and oxygen atoms in total. The fourth-order valence-corrected chi connectivity index (χ4v) is 1.63. The van der Waals surface area contributed by atoms with Crippen molar-refractivity contribution in [3.8, 4) is 0 Å². The molecule has 0 heterocycles. The first kappa shape index (κ1) is 14.5. The fourth-order valence-electron chi connectivity index (χ4n) is 1.63. The van der Waals surface area contributed by atoms with Crippen molar-refractivity contribution in [3.05, 3.63) is 35.9 Å². The number of carbonyl (C=O) groups excluding carboxylic acids is 1. The molecule has 0 amide bonds. The molecular formula is C13H20NO4+. The predicted molar refractivity (Wildman–Crippen MR) is 66.6 cm³/mol. The number of nitrogens with zero attached hydrogens (tertiary/aromatic N) is 1. The van der Waals surface area contributed by atoms with Crippen LogP contribution >= 0.6 is 0 Å². The Balaban J connectivity index is 2.34. The molecule has 100 valence electrons. The van der Waals surface area contributed by atoms with Gasteiger partial charge in [-0.15, -0.1) is 0 Å². The first-order valence-corrected chi connectivity index (χ1v) is 5.80. The largest absolute Gasteiger partial charge is 0.510 e. The van der Waals surface area contributed by atoms with Crippen molar-refractivity contribution in [3.63, 3.8) is 0 Å². The molecule has 1 aromatic rings. The predicted octanol–water partition coefficient (Wildman–Crippen LogP) is 1.37. The van der Waals surface area contributed by atoms with Crippen molar-refractivity contribution in [2.24, 2.45) is 0 Å². The molecular weight excluding hydrogens is 234 g/mol. The van der Waals surface area contributed by atoms with Gasteiger partial charge >= 0.3 is 6.16 Å². The molecule has 0 saturated carbocycles. The summed E-state index contributed by atoms with van der Waals surface area (Å²) in [6, 6.07) is 10.1. The van der Waals surface area contributed by atoms with Crippen LogP contribution in [0.3, 0.4) is 0 Å². The van der Waals surface area contributed by atoms with Crippen LogP contribution in [0.1, 0.15) is 5.56 Å². The number of ether oxygens (including phenoxy) is 2. The zero-order valence-electron chi connectivity index (χ0n) is 10.8. The van der Waals surface area contributed by atoms with Gasteiger partial charge in [-0.3, -0.25) is 0 Å². The summed E-state index contributed by atoms with van der Waals surface area (Å²) >= 11 is 0. The van der Waals surface area contributed by atoms with Crippen LogP contribution in [0.25, 0.3) is 0 Å². The lowest BCUT2D eigenvalue weighted by atomic mass is 10.2. The van der Waals surface area contributed by atoms with Crippen molar-refractivity contribution in [1.29, 1.82) is 0 Å². The van der Waals surface area contributed by atoms with Crippen molar-refractivity contribution < 1.29 is 23.9 Å². The number of hydrogen-bond acceptors (Lipinski definition) is 4. The molecule has 5 heteroatoms. The highest BCUT2D eigenvalue weighted by atomic mass is 16.8. The Bertz CT molecular complexity index is 365. The number of aliphatic hydroxyl groups is 1. The summed E-state index contributed by atoms with van der Waals surface area (Å²) in [7, 11) is 4.13. The van der Waals surface area contributed by atoms with Gasteiger partial charge in [-0.1, -0.05) is 30.3 Å². The molecule has 18 heavy (non-hydrogen) atoms. The molecule has 0 aliphatic carbocycles. The molecule has 0 aliphatic heterocycles. The standard InChI is InChI=1S/C13H20NO4/c1-14(2,8-9-17-13(16)18-11-15)10-12-6-4-3-5-7-12/h3-7,15H,8-11H2,1-2H3/q+1. The molecule has 0 bridgehead atoms. The Morgan fingerprint density at radius 1 is 1.22 bits per heavy atom. The van der Waals surface area contributed by atoms with Crippen LogP contribution < -0.4 is 0 Å². The van der Waals surface area contributed by atoms with Crippen molar-refractivity contribution in [2.45, 2.75) is 6.54 Å². The number of aliphatic hydroxyl groups excluding tert-OH is 1. The van der Waals surface area contributed by atoms with Crippen LogP contribution in [-0.2, 0) is 16.0 Å². The number of likely N-dealkylation sites (N-methyl/N-ethyl adjacent to an activating group) is 1. The monoisotopic (exact) mass is 254 g/mol.